The van der Waals surface area contributed by atoms with Crippen LogP contribution in [0.1, 0.15) is 10.4 Å². The fourth-order valence-electron chi connectivity index (χ4n) is 2.25. The average Bonchev–Trinajstić information content (AvgIpc) is 2.65. The number of amides is 1. The smallest absolute Gasteiger partial charge is 0.293 e. The van der Waals surface area contributed by atoms with Crippen molar-refractivity contribution < 1.29 is 19.2 Å². The fraction of sp³-hybridized carbons (Fsp3) is 0.278. The third-order valence-corrected chi connectivity index (χ3v) is 4.02. The van der Waals surface area contributed by atoms with Gasteiger partial charge in [0.15, 0.2) is 0 Å². The number of anilines is 1. The average molecular weight is 438 g/mol. The molecular weight excluding hydrogens is 418 g/mol. The van der Waals surface area contributed by atoms with E-state index in [1.54, 1.807) is 7.11 Å². The SMILES string of the molecule is COCCNc1ccc(C(=O)NCCOc2cccc(Br)c2)cc1[N+](=O)[O-]. The van der Waals surface area contributed by atoms with Crippen LogP contribution in [0.5, 0.6) is 5.75 Å². The molecule has 0 aliphatic rings. The highest BCUT2D eigenvalue weighted by atomic mass is 79.9. The molecule has 0 radical (unpaired) electrons. The van der Waals surface area contributed by atoms with Crippen LogP contribution < -0.4 is 15.4 Å². The molecule has 0 fully saturated rings. The number of nitro benzene ring substituents is 1. The lowest BCUT2D eigenvalue weighted by molar-refractivity contribution is -0.384. The summed E-state index contributed by atoms with van der Waals surface area (Å²) in [6, 6.07) is 11.7. The molecule has 2 aromatic carbocycles. The molecule has 1 amide bonds. The first-order valence-corrected chi connectivity index (χ1v) is 8.98. The fourth-order valence-corrected chi connectivity index (χ4v) is 2.63. The molecule has 2 N–H and O–H groups in total. The minimum Gasteiger partial charge on any atom is -0.492 e. The lowest BCUT2D eigenvalue weighted by atomic mass is 10.1. The highest BCUT2D eigenvalue weighted by Crippen LogP contribution is 2.25. The number of methoxy groups -OCH3 is 1. The number of rotatable bonds is 10. The van der Waals surface area contributed by atoms with Crippen molar-refractivity contribution in [1.29, 1.82) is 0 Å². The summed E-state index contributed by atoms with van der Waals surface area (Å²) in [6.07, 6.45) is 0. The Morgan fingerprint density at radius 2 is 2.00 bits per heavy atom. The summed E-state index contributed by atoms with van der Waals surface area (Å²) in [6.45, 7) is 1.39. The van der Waals surface area contributed by atoms with Gasteiger partial charge in [-0.25, -0.2) is 0 Å². The second-order valence-electron chi connectivity index (χ2n) is 5.47. The zero-order valence-electron chi connectivity index (χ0n) is 14.7. The quantitative estimate of drug-likeness (QED) is 0.336. The van der Waals surface area contributed by atoms with Gasteiger partial charge in [0.1, 0.15) is 18.0 Å². The van der Waals surface area contributed by atoms with Crippen LogP contribution in [-0.4, -0.2) is 44.2 Å². The van der Waals surface area contributed by atoms with Crippen molar-refractivity contribution in [2.24, 2.45) is 0 Å². The lowest BCUT2D eigenvalue weighted by Crippen LogP contribution is -2.28. The number of nitro groups is 1. The highest BCUT2D eigenvalue weighted by molar-refractivity contribution is 9.10. The second-order valence-corrected chi connectivity index (χ2v) is 6.39. The molecule has 27 heavy (non-hydrogen) atoms. The van der Waals surface area contributed by atoms with E-state index in [0.29, 0.717) is 24.6 Å². The molecule has 2 rings (SSSR count). The predicted octanol–water partition coefficient (Wildman–Crippen LogP) is 3.22. The number of carbonyl (C=O) groups is 1. The molecule has 2 aromatic rings. The Morgan fingerprint density at radius 3 is 2.70 bits per heavy atom. The molecule has 0 atom stereocenters. The highest BCUT2D eigenvalue weighted by Gasteiger charge is 2.17. The largest absolute Gasteiger partial charge is 0.492 e. The number of halogens is 1. The van der Waals surface area contributed by atoms with Crippen molar-refractivity contribution in [3.63, 3.8) is 0 Å². The normalized spacial score (nSPS) is 10.3. The van der Waals surface area contributed by atoms with Gasteiger partial charge in [0.25, 0.3) is 11.6 Å². The van der Waals surface area contributed by atoms with Gasteiger partial charge in [-0.15, -0.1) is 0 Å². The predicted molar refractivity (Wildman–Crippen MR) is 105 cm³/mol. The van der Waals surface area contributed by atoms with Crippen molar-refractivity contribution in [2.45, 2.75) is 0 Å². The first kappa shape index (κ1) is 20.7. The molecule has 0 aromatic heterocycles. The molecule has 0 spiro atoms. The molecule has 0 saturated heterocycles. The van der Waals surface area contributed by atoms with Gasteiger partial charge in [-0.05, 0) is 30.3 Å². The van der Waals surface area contributed by atoms with Gasteiger partial charge in [-0.1, -0.05) is 22.0 Å². The standard InChI is InChI=1S/C18H20BrN3O5/c1-26-9-7-20-16-6-5-13(11-17(16)22(24)25)18(23)21-8-10-27-15-4-2-3-14(19)12-15/h2-6,11-12,20H,7-10H2,1H3,(H,21,23). The maximum Gasteiger partial charge on any atom is 0.293 e. The van der Waals surface area contributed by atoms with Crippen LogP contribution in [0.25, 0.3) is 0 Å². The first-order valence-electron chi connectivity index (χ1n) is 8.19. The Kier molecular flexibility index (Phi) is 8.02. The second kappa shape index (κ2) is 10.5. The van der Waals surface area contributed by atoms with Crippen LogP contribution in [0.15, 0.2) is 46.9 Å². The van der Waals surface area contributed by atoms with Crippen molar-refractivity contribution >= 4 is 33.2 Å². The Bertz CT molecular complexity index is 800. The van der Waals surface area contributed by atoms with Crippen LogP contribution in [0.3, 0.4) is 0 Å². The monoisotopic (exact) mass is 437 g/mol. The zero-order chi connectivity index (χ0) is 19.6. The molecule has 0 unspecified atom stereocenters. The van der Waals surface area contributed by atoms with Gasteiger partial charge in [-0.2, -0.15) is 0 Å². The van der Waals surface area contributed by atoms with Gasteiger partial charge < -0.3 is 20.1 Å². The molecular formula is C18H20BrN3O5. The van der Waals surface area contributed by atoms with E-state index in [4.69, 9.17) is 9.47 Å². The number of carbonyl (C=O) groups excluding carboxylic acids is 1. The van der Waals surface area contributed by atoms with Crippen LogP contribution in [-0.2, 0) is 4.74 Å². The van der Waals surface area contributed by atoms with Gasteiger partial charge in [0.2, 0.25) is 0 Å². The van der Waals surface area contributed by atoms with E-state index in [-0.39, 0.29) is 24.4 Å². The molecule has 144 valence electrons. The van der Waals surface area contributed by atoms with E-state index in [1.807, 2.05) is 24.3 Å². The molecule has 0 aliphatic carbocycles. The number of hydrogen-bond donors (Lipinski definition) is 2. The Hall–Kier alpha value is -2.65. The maximum atomic E-state index is 12.2. The van der Waals surface area contributed by atoms with Gasteiger partial charge in [-0.3, -0.25) is 14.9 Å². The van der Waals surface area contributed by atoms with Gasteiger partial charge in [0, 0.05) is 29.8 Å². The van der Waals surface area contributed by atoms with Crippen molar-refractivity contribution in [3.8, 4) is 5.75 Å². The summed E-state index contributed by atoms with van der Waals surface area (Å²) in [5.74, 6) is 0.278. The number of ether oxygens (including phenoxy) is 2. The Morgan fingerprint density at radius 1 is 1.19 bits per heavy atom. The van der Waals surface area contributed by atoms with Crippen molar-refractivity contribution in [2.75, 3.05) is 38.7 Å². The third kappa shape index (κ3) is 6.54. The summed E-state index contributed by atoms with van der Waals surface area (Å²) >= 11 is 3.35. The minimum atomic E-state index is -0.526. The number of hydrogen-bond acceptors (Lipinski definition) is 6. The van der Waals surface area contributed by atoms with Crippen LogP contribution in [0, 0.1) is 10.1 Å². The van der Waals surface area contributed by atoms with Crippen LogP contribution >= 0.6 is 15.9 Å². The summed E-state index contributed by atoms with van der Waals surface area (Å²) in [4.78, 5) is 22.9. The number of nitrogens with zero attached hydrogens (tertiary/aromatic N) is 1. The van der Waals surface area contributed by atoms with E-state index in [0.717, 1.165) is 4.47 Å². The lowest BCUT2D eigenvalue weighted by Gasteiger charge is -2.10. The summed E-state index contributed by atoms with van der Waals surface area (Å²) in [5.41, 5.74) is 0.386. The van der Waals surface area contributed by atoms with Gasteiger partial charge >= 0.3 is 0 Å². The van der Waals surface area contributed by atoms with Gasteiger partial charge in [0.05, 0.1) is 18.1 Å². The van der Waals surface area contributed by atoms with E-state index < -0.39 is 10.8 Å². The van der Waals surface area contributed by atoms with Crippen molar-refractivity contribution in [1.82, 2.24) is 5.32 Å². The Labute approximate surface area is 165 Å². The number of nitrogens with one attached hydrogen (secondary N) is 2. The van der Waals surface area contributed by atoms with Crippen molar-refractivity contribution in [3.05, 3.63) is 62.6 Å². The summed E-state index contributed by atoms with van der Waals surface area (Å²) in [5, 5.41) is 16.9. The topological polar surface area (TPSA) is 103 Å². The molecule has 8 nitrogen and oxygen atoms in total. The maximum absolute atomic E-state index is 12.2. The summed E-state index contributed by atoms with van der Waals surface area (Å²) < 4.78 is 11.3. The molecule has 9 heteroatoms. The third-order valence-electron chi connectivity index (χ3n) is 3.53. The minimum absolute atomic E-state index is 0.163. The summed E-state index contributed by atoms with van der Waals surface area (Å²) in [7, 11) is 1.55. The zero-order valence-corrected chi connectivity index (χ0v) is 16.3. The molecule has 0 bridgehead atoms. The van der Waals surface area contributed by atoms with E-state index in [9.17, 15) is 14.9 Å². The van der Waals surface area contributed by atoms with E-state index >= 15 is 0 Å². The van der Waals surface area contributed by atoms with Crippen LogP contribution in [0.4, 0.5) is 11.4 Å². The first-order chi connectivity index (χ1) is 13.0. The van der Waals surface area contributed by atoms with E-state index in [1.165, 1.54) is 18.2 Å². The molecule has 0 aliphatic heterocycles. The number of benzene rings is 2. The molecule has 0 saturated carbocycles. The molecule has 0 heterocycles. The Balaban J connectivity index is 1.91. The van der Waals surface area contributed by atoms with Crippen LogP contribution in [0.2, 0.25) is 0 Å². The van der Waals surface area contributed by atoms with E-state index in [2.05, 4.69) is 26.6 Å².